The lowest BCUT2D eigenvalue weighted by molar-refractivity contribution is 0.247. The van der Waals surface area contributed by atoms with E-state index in [2.05, 4.69) is 11.1 Å². The Morgan fingerprint density at radius 3 is 2.75 bits per heavy atom. The number of aliphatic hydroxyl groups is 1. The molecule has 0 spiro atoms. The first kappa shape index (κ1) is 11.2. The van der Waals surface area contributed by atoms with E-state index in [0.29, 0.717) is 6.42 Å². The minimum absolute atomic E-state index is 0.103. The molecule has 2 aromatic rings. The third kappa shape index (κ3) is 1.72. The number of benzene rings is 1. The molecule has 0 bridgehead atoms. The highest BCUT2D eigenvalue weighted by Crippen LogP contribution is 2.31. The Bertz CT molecular complexity index is 500. The quantitative estimate of drug-likeness (QED) is 0.738. The molecule has 1 aromatic carbocycles. The second kappa shape index (κ2) is 3.92. The van der Waals surface area contributed by atoms with Gasteiger partial charge in [-0.15, -0.1) is 0 Å². The van der Waals surface area contributed by atoms with Crippen molar-refractivity contribution in [3.63, 3.8) is 0 Å². The van der Waals surface area contributed by atoms with E-state index < -0.39 is 5.54 Å². The molecule has 1 heterocycles. The van der Waals surface area contributed by atoms with Crippen LogP contribution in [-0.4, -0.2) is 16.7 Å². The van der Waals surface area contributed by atoms with Gasteiger partial charge in [0.2, 0.25) is 0 Å². The number of rotatable bonds is 3. The zero-order chi connectivity index (χ0) is 11.8. The second-order valence-corrected chi connectivity index (χ2v) is 4.56. The zero-order valence-corrected chi connectivity index (χ0v) is 9.75. The number of hydrogen-bond donors (Lipinski definition) is 3. The molecule has 0 aliphatic heterocycles. The zero-order valence-electron chi connectivity index (χ0n) is 9.75. The predicted molar refractivity (Wildman–Crippen MR) is 66.3 cm³/mol. The monoisotopic (exact) mass is 218 g/mol. The predicted octanol–water partition coefficient (Wildman–Crippen LogP) is 2.03. The highest BCUT2D eigenvalue weighted by molar-refractivity contribution is 5.85. The van der Waals surface area contributed by atoms with Gasteiger partial charge in [0, 0.05) is 28.7 Å². The largest absolute Gasteiger partial charge is 0.396 e. The smallest absolute Gasteiger partial charge is 0.0459 e. The Kier molecular flexibility index (Phi) is 2.74. The van der Waals surface area contributed by atoms with Gasteiger partial charge in [-0.25, -0.2) is 0 Å². The van der Waals surface area contributed by atoms with Crippen molar-refractivity contribution < 1.29 is 5.11 Å². The summed E-state index contributed by atoms with van der Waals surface area (Å²) in [4.78, 5) is 3.33. The summed E-state index contributed by atoms with van der Waals surface area (Å²) in [5.41, 5.74) is 9.09. The van der Waals surface area contributed by atoms with Crippen LogP contribution in [0.25, 0.3) is 10.9 Å². The van der Waals surface area contributed by atoms with E-state index in [0.717, 1.165) is 22.2 Å². The molecule has 0 saturated carbocycles. The van der Waals surface area contributed by atoms with E-state index in [1.165, 1.54) is 0 Å². The molecule has 2 rings (SSSR count). The van der Waals surface area contributed by atoms with Crippen LogP contribution < -0.4 is 5.73 Å². The number of nitrogens with one attached hydrogen (secondary N) is 1. The van der Waals surface area contributed by atoms with Gasteiger partial charge in [0.25, 0.3) is 0 Å². The molecular formula is C13H18N2O. The van der Waals surface area contributed by atoms with E-state index >= 15 is 0 Å². The third-order valence-electron chi connectivity index (χ3n) is 3.10. The summed E-state index contributed by atoms with van der Waals surface area (Å²) in [5, 5.41) is 10.2. The number of nitrogens with two attached hydrogens (primary N) is 1. The van der Waals surface area contributed by atoms with Crippen molar-refractivity contribution in [3.05, 3.63) is 35.5 Å². The lowest BCUT2D eigenvalue weighted by Crippen LogP contribution is -2.34. The highest BCUT2D eigenvalue weighted by Gasteiger charge is 2.26. The fraction of sp³-hybridized carbons (Fsp3) is 0.385. The normalized spacial score (nSPS) is 15.2. The van der Waals surface area contributed by atoms with E-state index in [-0.39, 0.29) is 6.61 Å². The molecule has 86 valence electrons. The Hall–Kier alpha value is -1.32. The molecule has 0 aliphatic carbocycles. The van der Waals surface area contributed by atoms with Crippen molar-refractivity contribution in [2.24, 2.45) is 5.73 Å². The fourth-order valence-corrected chi connectivity index (χ4v) is 2.37. The number of para-hydroxylation sites is 1. The summed E-state index contributed by atoms with van der Waals surface area (Å²) >= 11 is 0. The van der Waals surface area contributed by atoms with E-state index in [1.54, 1.807) is 0 Å². The Morgan fingerprint density at radius 1 is 1.38 bits per heavy atom. The van der Waals surface area contributed by atoms with Crippen molar-refractivity contribution in [2.75, 3.05) is 6.61 Å². The molecule has 1 unspecified atom stereocenters. The number of hydrogen-bond acceptors (Lipinski definition) is 2. The standard InChI is InChI=1S/C13H18N2O/c1-9-12(13(2,14)7-8-16)10-5-3-4-6-11(10)15-9/h3-6,15-16H,7-8,14H2,1-2H3. The van der Waals surface area contributed by atoms with Crippen LogP contribution in [0.15, 0.2) is 24.3 Å². The molecule has 4 N–H and O–H groups in total. The fourth-order valence-electron chi connectivity index (χ4n) is 2.37. The lowest BCUT2D eigenvalue weighted by atomic mass is 9.88. The Balaban J connectivity index is 2.63. The van der Waals surface area contributed by atoms with Gasteiger partial charge in [0.15, 0.2) is 0 Å². The molecule has 1 atom stereocenters. The van der Waals surface area contributed by atoms with Crippen LogP contribution in [0.3, 0.4) is 0 Å². The SMILES string of the molecule is Cc1[nH]c2ccccc2c1C(C)(N)CCO. The number of H-pyrrole nitrogens is 1. The summed E-state index contributed by atoms with van der Waals surface area (Å²) in [6, 6.07) is 8.12. The van der Waals surface area contributed by atoms with E-state index in [4.69, 9.17) is 10.8 Å². The van der Waals surface area contributed by atoms with Crippen LogP contribution in [0.1, 0.15) is 24.6 Å². The maximum Gasteiger partial charge on any atom is 0.0459 e. The van der Waals surface area contributed by atoms with Crippen molar-refractivity contribution in [3.8, 4) is 0 Å². The molecule has 3 heteroatoms. The molecule has 0 radical (unpaired) electrons. The first-order valence-corrected chi connectivity index (χ1v) is 5.54. The summed E-state index contributed by atoms with van der Waals surface area (Å²) in [6.45, 7) is 4.09. The van der Waals surface area contributed by atoms with Gasteiger partial charge in [0.05, 0.1) is 0 Å². The number of fused-ring (bicyclic) bond motifs is 1. The van der Waals surface area contributed by atoms with Crippen molar-refractivity contribution in [2.45, 2.75) is 25.8 Å². The molecular weight excluding hydrogens is 200 g/mol. The molecule has 16 heavy (non-hydrogen) atoms. The van der Waals surface area contributed by atoms with Crippen molar-refractivity contribution in [1.29, 1.82) is 0 Å². The minimum Gasteiger partial charge on any atom is -0.396 e. The van der Waals surface area contributed by atoms with Crippen LogP contribution in [0.4, 0.5) is 0 Å². The van der Waals surface area contributed by atoms with Gasteiger partial charge < -0.3 is 15.8 Å². The number of aryl methyl sites for hydroxylation is 1. The topological polar surface area (TPSA) is 62.0 Å². The summed E-state index contributed by atoms with van der Waals surface area (Å²) in [5.74, 6) is 0. The average Bonchev–Trinajstić information content (AvgIpc) is 2.53. The van der Waals surface area contributed by atoms with Crippen LogP contribution in [-0.2, 0) is 5.54 Å². The van der Waals surface area contributed by atoms with Gasteiger partial charge in [-0.3, -0.25) is 0 Å². The first-order valence-electron chi connectivity index (χ1n) is 5.54. The summed E-state index contributed by atoms with van der Waals surface area (Å²) in [7, 11) is 0. The molecule has 0 aliphatic rings. The van der Waals surface area contributed by atoms with Gasteiger partial charge in [-0.2, -0.15) is 0 Å². The van der Waals surface area contributed by atoms with E-state index in [9.17, 15) is 0 Å². The van der Waals surface area contributed by atoms with Crippen LogP contribution in [0.2, 0.25) is 0 Å². The van der Waals surface area contributed by atoms with Gasteiger partial charge >= 0.3 is 0 Å². The van der Waals surface area contributed by atoms with Crippen molar-refractivity contribution in [1.82, 2.24) is 4.98 Å². The van der Waals surface area contributed by atoms with Gasteiger partial charge in [0.1, 0.15) is 0 Å². The molecule has 1 aromatic heterocycles. The minimum atomic E-state index is -0.488. The second-order valence-electron chi connectivity index (χ2n) is 4.56. The Labute approximate surface area is 95.3 Å². The Morgan fingerprint density at radius 2 is 2.06 bits per heavy atom. The van der Waals surface area contributed by atoms with Crippen molar-refractivity contribution >= 4 is 10.9 Å². The van der Waals surface area contributed by atoms with Gasteiger partial charge in [-0.05, 0) is 31.9 Å². The number of aromatic amines is 1. The number of aliphatic hydroxyl groups excluding tert-OH is 1. The summed E-state index contributed by atoms with van der Waals surface area (Å²) < 4.78 is 0. The first-order chi connectivity index (χ1) is 7.56. The molecule has 3 nitrogen and oxygen atoms in total. The van der Waals surface area contributed by atoms with E-state index in [1.807, 2.05) is 32.0 Å². The average molecular weight is 218 g/mol. The lowest BCUT2D eigenvalue weighted by Gasteiger charge is -2.24. The summed E-state index contributed by atoms with van der Waals surface area (Å²) in [6.07, 6.45) is 0.565. The molecule has 0 saturated heterocycles. The third-order valence-corrected chi connectivity index (χ3v) is 3.10. The van der Waals surface area contributed by atoms with Crippen LogP contribution in [0, 0.1) is 6.92 Å². The van der Waals surface area contributed by atoms with Crippen LogP contribution in [0.5, 0.6) is 0 Å². The maximum absolute atomic E-state index is 9.07. The molecule has 0 amide bonds. The van der Waals surface area contributed by atoms with Crippen LogP contribution >= 0.6 is 0 Å². The maximum atomic E-state index is 9.07. The highest BCUT2D eigenvalue weighted by atomic mass is 16.3. The number of aromatic nitrogens is 1. The molecule has 0 fully saturated rings. The van der Waals surface area contributed by atoms with Gasteiger partial charge in [-0.1, -0.05) is 18.2 Å².